The van der Waals surface area contributed by atoms with Crippen molar-refractivity contribution in [2.75, 3.05) is 5.73 Å². The molecule has 0 radical (unpaired) electrons. The lowest BCUT2D eigenvalue weighted by Crippen LogP contribution is -2.38. The van der Waals surface area contributed by atoms with Crippen molar-refractivity contribution in [1.82, 2.24) is 4.72 Å². The zero-order valence-electron chi connectivity index (χ0n) is 11.0. The first-order valence-electron chi connectivity index (χ1n) is 6.50. The number of nitrogens with one attached hydrogen (secondary N) is 1. The maximum atomic E-state index is 12.2. The summed E-state index contributed by atoms with van der Waals surface area (Å²) in [6.07, 6.45) is 2.05. The third-order valence-corrected chi connectivity index (χ3v) is 5.20. The van der Waals surface area contributed by atoms with Crippen molar-refractivity contribution in [3.8, 4) is 0 Å². The number of hydrogen-bond acceptors (Lipinski definition) is 4. The lowest BCUT2D eigenvalue weighted by atomic mass is 9.87. The van der Waals surface area contributed by atoms with Crippen LogP contribution in [-0.2, 0) is 14.8 Å². The number of sulfonamides is 1. The number of hydrogen-bond donors (Lipinski definition) is 3. The van der Waals surface area contributed by atoms with E-state index in [-0.39, 0.29) is 22.5 Å². The fourth-order valence-electron chi connectivity index (χ4n) is 2.47. The number of carboxylic acids is 1. The molecule has 2 rings (SSSR count). The van der Waals surface area contributed by atoms with Gasteiger partial charge in [0.05, 0.1) is 11.6 Å². The molecule has 0 amide bonds. The fourth-order valence-corrected chi connectivity index (χ4v) is 3.90. The van der Waals surface area contributed by atoms with Gasteiger partial charge in [-0.15, -0.1) is 0 Å². The maximum Gasteiger partial charge on any atom is 0.306 e. The highest BCUT2D eigenvalue weighted by Crippen LogP contribution is 2.26. The van der Waals surface area contributed by atoms with Crippen LogP contribution in [0.1, 0.15) is 25.7 Å². The molecule has 110 valence electrons. The Morgan fingerprint density at radius 3 is 2.35 bits per heavy atom. The van der Waals surface area contributed by atoms with Crippen LogP contribution in [0.2, 0.25) is 0 Å². The maximum absolute atomic E-state index is 12.2. The highest BCUT2D eigenvalue weighted by Gasteiger charge is 2.29. The number of benzene rings is 1. The average molecular weight is 298 g/mol. The molecule has 1 saturated carbocycles. The van der Waals surface area contributed by atoms with Crippen molar-refractivity contribution in [3.05, 3.63) is 24.3 Å². The minimum absolute atomic E-state index is 0.0698. The highest BCUT2D eigenvalue weighted by molar-refractivity contribution is 7.89. The summed E-state index contributed by atoms with van der Waals surface area (Å²) in [7, 11) is -3.65. The van der Waals surface area contributed by atoms with Crippen molar-refractivity contribution in [1.29, 1.82) is 0 Å². The quantitative estimate of drug-likeness (QED) is 0.723. The Balaban J connectivity index is 2.04. The van der Waals surface area contributed by atoms with Crippen molar-refractivity contribution in [2.24, 2.45) is 5.92 Å². The van der Waals surface area contributed by atoms with Gasteiger partial charge in [-0.1, -0.05) is 12.1 Å². The van der Waals surface area contributed by atoms with Gasteiger partial charge in [0.25, 0.3) is 0 Å². The summed E-state index contributed by atoms with van der Waals surface area (Å²) >= 11 is 0. The SMILES string of the molecule is Nc1ccccc1S(=O)(=O)NC1CCC(C(=O)O)CC1. The molecule has 1 aromatic carbocycles. The van der Waals surface area contributed by atoms with E-state index in [4.69, 9.17) is 10.8 Å². The Bertz CT molecular complexity index is 592. The van der Waals surface area contributed by atoms with Gasteiger partial charge in [0.1, 0.15) is 4.90 Å². The van der Waals surface area contributed by atoms with Gasteiger partial charge < -0.3 is 10.8 Å². The summed E-state index contributed by atoms with van der Waals surface area (Å²) in [5, 5.41) is 8.92. The number of para-hydroxylation sites is 1. The molecule has 20 heavy (non-hydrogen) atoms. The summed E-state index contributed by atoms with van der Waals surface area (Å²) < 4.78 is 27.1. The number of nitrogen functional groups attached to an aromatic ring is 1. The predicted molar refractivity (Wildman–Crippen MR) is 74.6 cm³/mol. The molecule has 1 aromatic rings. The fraction of sp³-hybridized carbons (Fsp3) is 0.462. The predicted octanol–water partition coefficient (Wildman–Crippen LogP) is 1.19. The van der Waals surface area contributed by atoms with E-state index in [1.54, 1.807) is 12.1 Å². The van der Waals surface area contributed by atoms with Gasteiger partial charge in [-0.05, 0) is 37.8 Å². The normalized spacial score (nSPS) is 23.4. The lowest BCUT2D eigenvalue weighted by Gasteiger charge is -2.26. The standard InChI is InChI=1S/C13H18N2O4S/c14-11-3-1-2-4-12(11)20(18,19)15-10-7-5-9(6-8-10)13(16)17/h1-4,9-10,15H,5-8,14H2,(H,16,17). The molecular formula is C13H18N2O4S. The van der Waals surface area contributed by atoms with Gasteiger partial charge in [0.2, 0.25) is 10.0 Å². The second-order valence-corrected chi connectivity index (χ2v) is 6.73. The Morgan fingerprint density at radius 1 is 1.20 bits per heavy atom. The zero-order chi connectivity index (χ0) is 14.8. The van der Waals surface area contributed by atoms with Crippen molar-refractivity contribution in [2.45, 2.75) is 36.6 Å². The van der Waals surface area contributed by atoms with Gasteiger partial charge in [0.15, 0.2) is 0 Å². The van der Waals surface area contributed by atoms with Gasteiger partial charge in [-0.25, -0.2) is 13.1 Å². The van der Waals surface area contributed by atoms with Crippen LogP contribution in [0.5, 0.6) is 0 Å². The lowest BCUT2D eigenvalue weighted by molar-refractivity contribution is -0.142. The Morgan fingerprint density at radius 2 is 1.80 bits per heavy atom. The number of rotatable bonds is 4. The second kappa shape index (κ2) is 5.80. The van der Waals surface area contributed by atoms with Gasteiger partial charge in [-0.2, -0.15) is 0 Å². The average Bonchev–Trinajstić information content (AvgIpc) is 2.39. The van der Waals surface area contributed by atoms with E-state index in [0.717, 1.165) is 0 Å². The molecule has 1 aliphatic carbocycles. The van der Waals surface area contributed by atoms with E-state index in [0.29, 0.717) is 25.7 Å². The van der Waals surface area contributed by atoms with Crippen LogP contribution in [-0.4, -0.2) is 25.5 Å². The van der Waals surface area contributed by atoms with Crippen LogP contribution in [0.25, 0.3) is 0 Å². The van der Waals surface area contributed by atoms with E-state index in [9.17, 15) is 13.2 Å². The van der Waals surface area contributed by atoms with Crippen LogP contribution in [0.4, 0.5) is 5.69 Å². The number of anilines is 1. The van der Waals surface area contributed by atoms with Crippen LogP contribution in [0.15, 0.2) is 29.2 Å². The first-order chi connectivity index (χ1) is 9.40. The number of carbonyl (C=O) groups is 1. The molecule has 0 atom stereocenters. The van der Waals surface area contributed by atoms with Crippen molar-refractivity contribution < 1.29 is 18.3 Å². The molecule has 0 heterocycles. The van der Waals surface area contributed by atoms with E-state index in [2.05, 4.69) is 4.72 Å². The molecule has 0 aromatic heterocycles. The van der Waals surface area contributed by atoms with E-state index < -0.39 is 16.0 Å². The molecule has 7 heteroatoms. The first-order valence-corrected chi connectivity index (χ1v) is 7.98. The summed E-state index contributed by atoms with van der Waals surface area (Å²) in [5.74, 6) is -1.17. The Kier molecular flexibility index (Phi) is 4.29. The second-order valence-electron chi connectivity index (χ2n) is 5.05. The number of carboxylic acid groups (broad SMARTS) is 1. The monoisotopic (exact) mass is 298 g/mol. The summed E-state index contributed by atoms with van der Waals surface area (Å²) in [4.78, 5) is 10.9. The van der Waals surface area contributed by atoms with E-state index >= 15 is 0 Å². The minimum atomic E-state index is -3.65. The molecule has 6 nitrogen and oxygen atoms in total. The molecule has 0 saturated heterocycles. The van der Waals surface area contributed by atoms with Crippen LogP contribution >= 0.6 is 0 Å². The third kappa shape index (κ3) is 3.29. The smallest absolute Gasteiger partial charge is 0.306 e. The number of nitrogens with two attached hydrogens (primary N) is 1. The summed E-state index contributed by atoms with van der Waals surface area (Å²) in [5.41, 5.74) is 5.88. The first kappa shape index (κ1) is 14.8. The van der Waals surface area contributed by atoms with Crippen molar-refractivity contribution in [3.63, 3.8) is 0 Å². The van der Waals surface area contributed by atoms with Crippen LogP contribution in [0, 0.1) is 5.92 Å². The summed E-state index contributed by atoms with van der Waals surface area (Å²) in [6.45, 7) is 0. The zero-order valence-corrected chi connectivity index (χ0v) is 11.8. The number of aliphatic carboxylic acids is 1. The van der Waals surface area contributed by atoms with Gasteiger partial charge in [-0.3, -0.25) is 4.79 Å². The largest absolute Gasteiger partial charge is 0.481 e. The van der Waals surface area contributed by atoms with E-state index in [1.165, 1.54) is 12.1 Å². The molecule has 4 N–H and O–H groups in total. The van der Waals surface area contributed by atoms with E-state index in [1.807, 2.05) is 0 Å². The summed E-state index contributed by atoms with van der Waals surface area (Å²) in [6, 6.07) is 6.06. The minimum Gasteiger partial charge on any atom is -0.481 e. The molecule has 0 unspecified atom stereocenters. The highest BCUT2D eigenvalue weighted by atomic mass is 32.2. The van der Waals surface area contributed by atoms with Crippen LogP contribution in [0.3, 0.4) is 0 Å². The third-order valence-electron chi connectivity index (χ3n) is 3.61. The Labute approximate surface area is 118 Å². The topological polar surface area (TPSA) is 109 Å². The van der Waals surface area contributed by atoms with Crippen LogP contribution < -0.4 is 10.5 Å². The molecule has 1 aliphatic rings. The molecular weight excluding hydrogens is 280 g/mol. The molecule has 1 fully saturated rings. The van der Waals surface area contributed by atoms with Gasteiger partial charge >= 0.3 is 5.97 Å². The Hall–Kier alpha value is -1.60. The van der Waals surface area contributed by atoms with Gasteiger partial charge in [0, 0.05) is 6.04 Å². The molecule has 0 bridgehead atoms. The van der Waals surface area contributed by atoms with Crippen molar-refractivity contribution >= 4 is 21.7 Å². The molecule has 0 aliphatic heterocycles. The molecule has 0 spiro atoms.